The Morgan fingerprint density at radius 1 is 1.35 bits per heavy atom. The Labute approximate surface area is 117 Å². The van der Waals surface area contributed by atoms with Crippen molar-refractivity contribution in [3.8, 4) is 6.07 Å². The molecule has 1 aliphatic heterocycles. The third kappa shape index (κ3) is 3.06. The second-order valence-electron chi connectivity index (χ2n) is 4.74. The van der Waals surface area contributed by atoms with Crippen molar-refractivity contribution >= 4 is 11.6 Å². The molecule has 1 aromatic rings. The van der Waals surface area contributed by atoms with Gasteiger partial charge < -0.3 is 10.6 Å². The van der Waals surface area contributed by atoms with Gasteiger partial charge in [0.1, 0.15) is 5.82 Å². The van der Waals surface area contributed by atoms with Gasteiger partial charge >= 0.3 is 0 Å². The molecule has 0 unspecified atom stereocenters. The Morgan fingerprint density at radius 2 is 2.05 bits per heavy atom. The molecule has 0 saturated carbocycles. The fourth-order valence-corrected chi connectivity index (χ4v) is 2.28. The van der Waals surface area contributed by atoms with E-state index in [0.717, 1.165) is 19.6 Å². The number of carbonyl (C=O) groups excluding carboxylic acids is 1. The standard InChI is InChI=1S/C14H17FN4O/c15-12-4-1-3-11(13(12)17)14(20)19-9-7-18(8-10-19)6-2-5-16/h1,3-4H,2,6-10,17H2. The largest absolute Gasteiger partial charge is 0.396 e. The molecule has 0 atom stereocenters. The molecule has 0 aliphatic carbocycles. The van der Waals surface area contributed by atoms with Gasteiger partial charge in [0.25, 0.3) is 5.91 Å². The van der Waals surface area contributed by atoms with Crippen LogP contribution in [0.5, 0.6) is 0 Å². The van der Waals surface area contributed by atoms with Crippen molar-refractivity contribution in [2.75, 3.05) is 38.5 Å². The number of nitriles is 1. The Kier molecular flexibility index (Phi) is 4.53. The van der Waals surface area contributed by atoms with Gasteiger partial charge in [-0.2, -0.15) is 5.26 Å². The van der Waals surface area contributed by atoms with Gasteiger partial charge in [-0.05, 0) is 12.1 Å². The van der Waals surface area contributed by atoms with Gasteiger partial charge in [0.15, 0.2) is 0 Å². The van der Waals surface area contributed by atoms with E-state index in [9.17, 15) is 9.18 Å². The number of amides is 1. The summed E-state index contributed by atoms with van der Waals surface area (Å²) in [5.41, 5.74) is 5.74. The number of rotatable bonds is 3. The maximum Gasteiger partial charge on any atom is 0.256 e. The van der Waals surface area contributed by atoms with Crippen molar-refractivity contribution in [2.24, 2.45) is 0 Å². The molecule has 5 nitrogen and oxygen atoms in total. The smallest absolute Gasteiger partial charge is 0.256 e. The number of benzene rings is 1. The highest BCUT2D eigenvalue weighted by atomic mass is 19.1. The Bertz CT molecular complexity index is 532. The van der Waals surface area contributed by atoms with E-state index in [0.29, 0.717) is 19.5 Å². The van der Waals surface area contributed by atoms with E-state index in [1.54, 1.807) is 11.0 Å². The van der Waals surface area contributed by atoms with Gasteiger partial charge in [-0.25, -0.2) is 4.39 Å². The van der Waals surface area contributed by atoms with E-state index >= 15 is 0 Å². The number of halogens is 1. The molecule has 1 fully saturated rings. The van der Waals surface area contributed by atoms with Crippen LogP contribution in [-0.2, 0) is 0 Å². The SMILES string of the molecule is N#CCCN1CCN(C(=O)c2cccc(F)c2N)CC1. The summed E-state index contributed by atoms with van der Waals surface area (Å²) in [6.45, 7) is 3.31. The van der Waals surface area contributed by atoms with E-state index in [1.165, 1.54) is 12.1 Å². The molecule has 0 radical (unpaired) electrons. The fourth-order valence-electron chi connectivity index (χ4n) is 2.28. The van der Waals surface area contributed by atoms with E-state index in [2.05, 4.69) is 11.0 Å². The number of anilines is 1. The van der Waals surface area contributed by atoms with Crippen LogP contribution in [0.2, 0.25) is 0 Å². The number of hydrogen-bond acceptors (Lipinski definition) is 4. The molecular weight excluding hydrogens is 259 g/mol. The fraction of sp³-hybridized carbons (Fsp3) is 0.429. The zero-order valence-electron chi connectivity index (χ0n) is 11.2. The lowest BCUT2D eigenvalue weighted by Gasteiger charge is -2.34. The topological polar surface area (TPSA) is 73.4 Å². The lowest BCUT2D eigenvalue weighted by atomic mass is 10.1. The summed E-state index contributed by atoms with van der Waals surface area (Å²) in [7, 11) is 0. The molecule has 2 N–H and O–H groups in total. The Morgan fingerprint density at radius 3 is 2.70 bits per heavy atom. The number of piperazine rings is 1. The van der Waals surface area contributed by atoms with Crippen molar-refractivity contribution in [3.05, 3.63) is 29.6 Å². The minimum atomic E-state index is -0.566. The third-order valence-corrected chi connectivity index (χ3v) is 3.48. The first kappa shape index (κ1) is 14.3. The summed E-state index contributed by atoms with van der Waals surface area (Å²) in [5, 5.41) is 8.55. The number of nitrogens with zero attached hydrogens (tertiary/aromatic N) is 3. The molecule has 1 heterocycles. The van der Waals surface area contributed by atoms with Crippen LogP contribution in [0.1, 0.15) is 16.8 Å². The molecule has 20 heavy (non-hydrogen) atoms. The molecule has 0 aromatic heterocycles. The number of nitrogens with two attached hydrogens (primary N) is 1. The molecule has 1 saturated heterocycles. The maximum absolute atomic E-state index is 13.4. The first-order chi connectivity index (χ1) is 9.63. The lowest BCUT2D eigenvalue weighted by molar-refractivity contribution is 0.0640. The third-order valence-electron chi connectivity index (χ3n) is 3.48. The van der Waals surface area contributed by atoms with E-state index in [1.807, 2.05) is 0 Å². The molecule has 106 valence electrons. The zero-order valence-corrected chi connectivity index (χ0v) is 11.2. The molecular formula is C14H17FN4O. The summed E-state index contributed by atoms with van der Waals surface area (Å²) in [4.78, 5) is 16.1. The van der Waals surface area contributed by atoms with Gasteiger partial charge in [0, 0.05) is 39.1 Å². The molecule has 6 heteroatoms. The van der Waals surface area contributed by atoms with E-state index in [-0.39, 0.29) is 17.2 Å². The predicted molar refractivity (Wildman–Crippen MR) is 73.4 cm³/mol. The Balaban J connectivity index is 1.98. The van der Waals surface area contributed by atoms with Crippen LogP contribution in [0.3, 0.4) is 0 Å². The second kappa shape index (κ2) is 6.35. The highest BCUT2D eigenvalue weighted by Crippen LogP contribution is 2.18. The first-order valence-corrected chi connectivity index (χ1v) is 6.56. The molecule has 2 rings (SSSR count). The molecule has 0 bridgehead atoms. The highest BCUT2D eigenvalue weighted by Gasteiger charge is 2.23. The molecule has 1 amide bonds. The second-order valence-corrected chi connectivity index (χ2v) is 4.74. The number of nitrogen functional groups attached to an aromatic ring is 1. The molecule has 1 aliphatic rings. The average molecular weight is 276 g/mol. The predicted octanol–water partition coefficient (Wildman–Crippen LogP) is 1.08. The number of carbonyl (C=O) groups is 1. The number of para-hydroxylation sites is 1. The lowest BCUT2D eigenvalue weighted by Crippen LogP contribution is -2.48. The number of hydrogen-bond donors (Lipinski definition) is 1. The van der Waals surface area contributed by atoms with E-state index in [4.69, 9.17) is 11.0 Å². The van der Waals surface area contributed by atoms with Gasteiger partial charge in [-0.1, -0.05) is 6.07 Å². The summed E-state index contributed by atoms with van der Waals surface area (Å²) < 4.78 is 13.4. The Hall–Kier alpha value is -2.13. The van der Waals surface area contributed by atoms with Crippen LogP contribution in [-0.4, -0.2) is 48.4 Å². The highest BCUT2D eigenvalue weighted by molar-refractivity contribution is 5.99. The molecule has 1 aromatic carbocycles. The van der Waals surface area contributed by atoms with E-state index < -0.39 is 5.82 Å². The van der Waals surface area contributed by atoms with Crippen molar-refractivity contribution in [1.82, 2.24) is 9.80 Å². The van der Waals surface area contributed by atoms with Crippen LogP contribution < -0.4 is 5.73 Å². The monoisotopic (exact) mass is 276 g/mol. The van der Waals surface area contributed by atoms with Crippen LogP contribution in [0.4, 0.5) is 10.1 Å². The summed E-state index contributed by atoms with van der Waals surface area (Å²) in [6, 6.07) is 6.38. The van der Waals surface area contributed by atoms with Gasteiger partial charge in [0.2, 0.25) is 0 Å². The quantitative estimate of drug-likeness (QED) is 0.838. The van der Waals surface area contributed by atoms with Crippen molar-refractivity contribution in [2.45, 2.75) is 6.42 Å². The van der Waals surface area contributed by atoms with Crippen LogP contribution in [0, 0.1) is 17.1 Å². The summed E-state index contributed by atoms with van der Waals surface area (Å²) in [5.74, 6) is -0.801. The first-order valence-electron chi connectivity index (χ1n) is 6.56. The summed E-state index contributed by atoms with van der Waals surface area (Å²) in [6.07, 6.45) is 0.491. The van der Waals surface area contributed by atoms with Crippen LogP contribution in [0.15, 0.2) is 18.2 Å². The minimum absolute atomic E-state index is 0.0931. The molecule has 0 spiro atoms. The van der Waals surface area contributed by atoms with Gasteiger partial charge in [-0.3, -0.25) is 9.69 Å². The maximum atomic E-state index is 13.4. The average Bonchev–Trinajstić information content (AvgIpc) is 2.48. The summed E-state index contributed by atoms with van der Waals surface area (Å²) >= 11 is 0. The van der Waals surface area contributed by atoms with Crippen LogP contribution in [0.25, 0.3) is 0 Å². The van der Waals surface area contributed by atoms with Gasteiger partial charge in [-0.15, -0.1) is 0 Å². The van der Waals surface area contributed by atoms with Crippen molar-refractivity contribution in [3.63, 3.8) is 0 Å². The van der Waals surface area contributed by atoms with Crippen molar-refractivity contribution in [1.29, 1.82) is 5.26 Å². The van der Waals surface area contributed by atoms with Gasteiger partial charge in [0.05, 0.1) is 17.3 Å². The normalized spacial score (nSPS) is 15.9. The zero-order chi connectivity index (χ0) is 14.5. The minimum Gasteiger partial charge on any atom is -0.396 e. The van der Waals surface area contributed by atoms with Crippen LogP contribution >= 0.6 is 0 Å². The van der Waals surface area contributed by atoms with Crippen molar-refractivity contribution < 1.29 is 9.18 Å².